The summed E-state index contributed by atoms with van der Waals surface area (Å²) in [5.41, 5.74) is 6.43. The summed E-state index contributed by atoms with van der Waals surface area (Å²) in [6.07, 6.45) is 4.80. The van der Waals surface area contributed by atoms with Crippen molar-refractivity contribution in [3.63, 3.8) is 0 Å². The highest BCUT2D eigenvalue weighted by atomic mass is 32.2. The van der Waals surface area contributed by atoms with E-state index < -0.39 is 0 Å². The van der Waals surface area contributed by atoms with Crippen LogP contribution >= 0.6 is 11.8 Å². The number of hydrogen-bond acceptors (Lipinski definition) is 4. The van der Waals surface area contributed by atoms with Crippen LogP contribution in [-0.2, 0) is 0 Å². The van der Waals surface area contributed by atoms with Crippen molar-refractivity contribution in [2.45, 2.75) is 51.1 Å². The molecule has 3 nitrogen and oxygen atoms in total. The van der Waals surface area contributed by atoms with Gasteiger partial charge in [-0.2, -0.15) is 11.8 Å². The molecule has 1 heterocycles. The van der Waals surface area contributed by atoms with Gasteiger partial charge in [0.05, 0.1) is 0 Å². The number of rotatable bonds is 4. The Labute approximate surface area is 115 Å². The van der Waals surface area contributed by atoms with Crippen molar-refractivity contribution in [1.29, 1.82) is 0 Å². The van der Waals surface area contributed by atoms with Gasteiger partial charge in [0.1, 0.15) is 0 Å². The third kappa shape index (κ3) is 2.58. The van der Waals surface area contributed by atoms with Gasteiger partial charge in [0, 0.05) is 30.5 Å². The van der Waals surface area contributed by atoms with Gasteiger partial charge in [-0.25, -0.2) is 0 Å². The molecule has 1 aliphatic carbocycles. The van der Waals surface area contributed by atoms with E-state index in [9.17, 15) is 5.11 Å². The quantitative estimate of drug-likeness (QED) is 0.727. The Balaban J connectivity index is 2.11. The zero-order chi connectivity index (χ0) is 13.2. The number of thioether (sulfide) groups is 1. The predicted octanol–water partition coefficient (Wildman–Crippen LogP) is 1.60. The van der Waals surface area contributed by atoms with E-state index in [4.69, 9.17) is 5.73 Å². The molecule has 2 rings (SSSR count). The van der Waals surface area contributed by atoms with Crippen LogP contribution in [0.4, 0.5) is 0 Å². The highest BCUT2D eigenvalue weighted by Gasteiger charge is 2.48. The Morgan fingerprint density at radius 3 is 2.78 bits per heavy atom. The minimum atomic E-state index is 0.0400. The van der Waals surface area contributed by atoms with Gasteiger partial charge in [-0.3, -0.25) is 0 Å². The molecule has 2 fully saturated rings. The van der Waals surface area contributed by atoms with Crippen LogP contribution in [-0.4, -0.2) is 41.3 Å². The van der Waals surface area contributed by atoms with E-state index in [1.54, 1.807) is 0 Å². The summed E-state index contributed by atoms with van der Waals surface area (Å²) in [5, 5.41) is 13.3. The SMILES string of the molecule is CC1(C)CCSCC1(CN)NC1CCCC1CO. The number of nitrogens with two attached hydrogens (primary N) is 1. The molecule has 106 valence electrons. The molecule has 0 aromatic heterocycles. The molecule has 4 heteroatoms. The number of aliphatic hydroxyl groups is 1. The first-order valence-corrected chi connectivity index (χ1v) is 8.36. The molecule has 1 saturated heterocycles. The molecule has 3 unspecified atom stereocenters. The van der Waals surface area contributed by atoms with Gasteiger partial charge in [-0.05, 0) is 36.3 Å². The van der Waals surface area contributed by atoms with Crippen LogP contribution in [0.25, 0.3) is 0 Å². The molecule has 1 saturated carbocycles. The monoisotopic (exact) mass is 272 g/mol. The third-order valence-corrected chi connectivity index (χ3v) is 6.41. The second-order valence-corrected chi connectivity index (χ2v) is 7.70. The minimum Gasteiger partial charge on any atom is -0.396 e. The lowest BCUT2D eigenvalue weighted by atomic mass is 9.70. The van der Waals surface area contributed by atoms with E-state index in [1.807, 2.05) is 11.8 Å². The second-order valence-electron chi connectivity index (χ2n) is 6.60. The molecule has 1 aliphatic heterocycles. The summed E-state index contributed by atoms with van der Waals surface area (Å²) in [6.45, 7) is 5.69. The first-order valence-electron chi connectivity index (χ1n) is 7.21. The maximum atomic E-state index is 9.48. The maximum Gasteiger partial charge on any atom is 0.0474 e. The van der Waals surface area contributed by atoms with E-state index in [-0.39, 0.29) is 11.0 Å². The number of aliphatic hydroxyl groups excluding tert-OH is 1. The van der Waals surface area contributed by atoms with Gasteiger partial charge < -0.3 is 16.2 Å². The fourth-order valence-electron chi connectivity index (χ4n) is 3.44. The van der Waals surface area contributed by atoms with Crippen molar-refractivity contribution in [2.24, 2.45) is 17.1 Å². The first-order chi connectivity index (χ1) is 8.54. The van der Waals surface area contributed by atoms with Crippen LogP contribution in [0.2, 0.25) is 0 Å². The lowest BCUT2D eigenvalue weighted by Gasteiger charge is -2.52. The predicted molar refractivity (Wildman–Crippen MR) is 78.9 cm³/mol. The normalized spacial score (nSPS) is 40.0. The lowest BCUT2D eigenvalue weighted by Crippen LogP contribution is -2.67. The molecule has 4 N–H and O–H groups in total. The van der Waals surface area contributed by atoms with Gasteiger partial charge in [-0.15, -0.1) is 0 Å². The summed E-state index contributed by atoms with van der Waals surface area (Å²) in [6, 6.07) is 0.455. The van der Waals surface area contributed by atoms with Crippen LogP contribution < -0.4 is 11.1 Å². The molecule has 2 aliphatic rings. The third-order valence-electron chi connectivity index (χ3n) is 5.22. The summed E-state index contributed by atoms with van der Waals surface area (Å²) in [5.74, 6) is 2.77. The molecule has 0 aromatic rings. The summed E-state index contributed by atoms with van der Waals surface area (Å²) in [4.78, 5) is 0. The zero-order valence-corrected chi connectivity index (χ0v) is 12.6. The minimum absolute atomic E-state index is 0.0400. The maximum absolute atomic E-state index is 9.48. The highest BCUT2D eigenvalue weighted by Crippen LogP contribution is 2.43. The molecular formula is C14H28N2OS. The average molecular weight is 272 g/mol. The summed E-state index contributed by atoms with van der Waals surface area (Å²) < 4.78 is 0. The van der Waals surface area contributed by atoms with Gasteiger partial charge in [0.25, 0.3) is 0 Å². The molecule has 18 heavy (non-hydrogen) atoms. The van der Waals surface area contributed by atoms with E-state index in [1.165, 1.54) is 25.0 Å². The van der Waals surface area contributed by atoms with Crippen LogP contribution in [0.15, 0.2) is 0 Å². The smallest absolute Gasteiger partial charge is 0.0474 e. The Hall–Kier alpha value is 0.230. The molecular weight excluding hydrogens is 244 g/mol. The molecule has 0 amide bonds. The second kappa shape index (κ2) is 5.70. The van der Waals surface area contributed by atoms with Crippen LogP contribution in [0.3, 0.4) is 0 Å². The van der Waals surface area contributed by atoms with Gasteiger partial charge in [0.2, 0.25) is 0 Å². The Kier molecular flexibility index (Phi) is 4.63. The van der Waals surface area contributed by atoms with Gasteiger partial charge in [-0.1, -0.05) is 20.3 Å². The molecule has 0 bridgehead atoms. The molecule has 0 aromatic carbocycles. The molecule has 0 radical (unpaired) electrons. The van der Waals surface area contributed by atoms with E-state index in [2.05, 4.69) is 19.2 Å². The van der Waals surface area contributed by atoms with Crippen molar-refractivity contribution in [3.8, 4) is 0 Å². The summed E-state index contributed by atoms with van der Waals surface area (Å²) in [7, 11) is 0. The van der Waals surface area contributed by atoms with Crippen molar-refractivity contribution >= 4 is 11.8 Å². The summed E-state index contributed by atoms with van der Waals surface area (Å²) >= 11 is 2.02. The fourth-order valence-corrected chi connectivity index (χ4v) is 5.18. The number of hydrogen-bond donors (Lipinski definition) is 3. The van der Waals surface area contributed by atoms with Crippen molar-refractivity contribution < 1.29 is 5.11 Å². The first kappa shape index (κ1) is 14.6. The Morgan fingerprint density at radius 1 is 1.39 bits per heavy atom. The van der Waals surface area contributed by atoms with Crippen molar-refractivity contribution in [2.75, 3.05) is 24.7 Å². The lowest BCUT2D eigenvalue weighted by molar-refractivity contribution is 0.101. The molecule has 3 atom stereocenters. The molecule has 0 spiro atoms. The van der Waals surface area contributed by atoms with Crippen molar-refractivity contribution in [1.82, 2.24) is 5.32 Å². The van der Waals surface area contributed by atoms with Crippen LogP contribution in [0.5, 0.6) is 0 Å². The van der Waals surface area contributed by atoms with Gasteiger partial charge in [0.15, 0.2) is 0 Å². The Bertz CT molecular complexity index is 285. The standard InChI is InChI=1S/C14H28N2OS/c1-13(2)6-7-18-10-14(13,9-15)16-12-5-3-4-11(12)8-17/h11-12,16-17H,3-10,15H2,1-2H3. The van der Waals surface area contributed by atoms with E-state index >= 15 is 0 Å². The van der Waals surface area contributed by atoms with E-state index in [0.717, 1.165) is 12.2 Å². The van der Waals surface area contributed by atoms with Crippen molar-refractivity contribution in [3.05, 3.63) is 0 Å². The van der Waals surface area contributed by atoms with Gasteiger partial charge >= 0.3 is 0 Å². The highest BCUT2D eigenvalue weighted by molar-refractivity contribution is 7.99. The number of nitrogens with one attached hydrogen (secondary N) is 1. The Morgan fingerprint density at radius 2 is 2.17 bits per heavy atom. The fraction of sp³-hybridized carbons (Fsp3) is 1.00. The van der Waals surface area contributed by atoms with Crippen LogP contribution in [0, 0.1) is 11.3 Å². The van der Waals surface area contributed by atoms with E-state index in [0.29, 0.717) is 25.1 Å². The topological polar surface area (TPSA) is 58.3 Å². The van der Waals surface area contributed by atoms with Crippen LogP contribution in [0.1, 0.15) is 39.5 Å². The average Bonchev–Trinajstić information content (AvgIpc) is 2.79. The zero-order valence-electron chi connectivity index (χ0n) is 11.7. The largest absolute Gasteiger partial charge is 0.396 e.